The number of alkyl halides is 3. The Kier molecular flexibility index (Phi) is 4.29. The minimum Gasteiger partial charge on any atom is -0.368 e. The summed E-state index contributed by atoms with van der Waals surface area (Å²) >= 11 is 0. The van der Waals surface area contributed by atoms with Gasteiger partial charge in [0.15, 0.2) is 0 Å². The Balaban J connectivity index is 2.14. The molecule has 0 bridgehead atoms. The Hall–Kier alpha value is -1.60. The van der Waals surface area contributed by atoms with Gasteiger partial charge in [0.05, 0.1) is 5.56 Å². The second-order valence-electron chi connectivity index (χ2n) is 4.79. The smallest absolute Gasteiger partial charge is 0.368 e. The van der Waals surface area contributed by atoms with E-state index in [-0.39, 0.29) is 6.54 Å². The van der Waals surface area contributed by atoms with Gasteiger partial charge in [0.1, 0.15) is 6.04 Å². The summed E-state index contributed by atoms with van der Waals surface area (Å²) in [5.41, 5.74) is 5.15. The standard InChI is InChI=1S/C13H16F3N3O/c14-13(15,16)10-3-1-2-9(6-10)8-19-5-4-18-7-11(19)12(17)20/h1-3,6,11,18H,4-5,7-8H2,(H2,17,20). The van der Waals surface area contributed by atoms with Crippen LogP contribution in [0.3, 0.4) is 0 Å². The van der Waals surface area contributed by atoms with Crippen LogP contribution in [0.1, 0.15) is 11.1 Å². The van der Waals surface area contributed by atoms with Crippen LogP contribution in [0, 0.1) is 0 Å². The molecular weight excluding hydrogens is 271 g/mol. The molecule has 1 fully saturated rings. The van der Waals surface area contributed by atoms with Crippen molar-refractivity contribution in [1.82, 2.24) is 10.2 Å². The molecule has 1 aromatic rings. The van der Waals surface area contributed by atoms with E-state index < -0.39 is 23.7 Å². The largest absolute Gasteiger partial charge is 0.416 e. The highest BCUT2D eigenvalue weighted by atomic mass is 19.4. The first-order chi connectivity index (χ1) is 9.38. The van der Waals surface area contributed by atoms with Gasteiger partial charge in [-0.2, -0.15) is 13.2 Å². The van der Waals surface area contributed by atoms with Crippen molar-refractivity contribution in [3.63, 3.8) is 0 Å². The minimum atomic E-state index is -4.36. The van der Waals surface area contributed by atoms with Crippen LogP contribution in [0.4, 0.5) is 13.2 Å². The van der Waals surface area contributed by atoms with Gasteiger partial charge in [0.25, 0.3) is 0 Å². The maximum Gasteiger partial charge on any atom is 0.416 e. The van der Waals surface area contributed by atoms with Gasteiger partial charge in [0, 0.05) is 26.2 Å². The number of halogens is 3. The summed E-state index contributed by atoms with van der Waals surface area (Å²) in [6.45, 7) is 1.96. The fraction of sp³-hybridized carbons (Fsp3) is 0.462. The summed E-state index contributed by atoms with van der Waals surface area (Å²) in [5, 5.41) is 3.05. The Morgan fingerprint density at radius 2 is 2.20 bits per heavy atom. The van der Waals surface area contributed by atoms with Gasteiger partial charge in [-0.05, 0) is 11.6 Å². The first kappa shape index (κ1) is 14.8. The lowest BCUT2D eigenvalue weighted by Gasteiger charge is -2.34. The summed E-state index contributed by atoms with van der Waals surface area (Å²) in [4.78, 5) is 13.1. The maximum atomic E-state index is 12.7. The van der Waals surface area contributed by atoms with Crippen LogP contribution in [0.25, 0.3) is 0 Å². The molecule has 20 heavy (non-hydrogen) atoms. The van der Waals surface area contributed by atoms with E-state index >= 15 is 0 Å². The minimum absolute atomic E-state index is 0.277. The van der Waals surface area contributed by atoms with E-state index in [4.69, 9.17) is 5.73 Å². The average molecular weight is 287 g/mol. The number of hydrogen-bond donors (Lipinski definition) is 2. The molecule has 1 aromatic carbocycles. The topological polar surface area (TPSA) is 58.4 Å². The molecule has 1 aliphatic heterocycles. The average Bonchev–Trinajstić information content (AvgIpc) is 2.38. The Morgan fingerprint density at radius 1 is 1.45 bits per heavy atom. The number of carbonyl (C=O) groups excluding carboxylic acids is 1. The number of rotatable bonds is 3. The Labute approximate surface area is 114 Å². The summed E-state index contributed by atoms with van der Waals surface area (Å²) in [6.07, 6.45) is -4.36. The van der Waals surface area contributed by atoms with Crippen LogP contribution in [-0.2, 0) is 17.5 Å². The first-order valence-corrected chi connectivity index (χ1v) is 6.28. The van der Waals surface area contributed by atoms with Crippen molar-refractivity contribution in [3.8, 4) is 0 Å². The number of primary amides is 1. The number of benzene rings is 1. The molecule has 1 amide bonds. The van der Waals surface area contributed by atoms with Gasteiger partial charge < -0.3 is 11.1 Å². The lowest BCUT2D eigenvalue weighted by atomic mass is 10.1. The Morgan fingerprint density at radius 3 is 2.85 bits per heavy atom. The summed E-state index contributed by atoms with van der Waals surface area (Å²) in [6, 6.07) is 4.65. The lowest BCUT2D eigenvalue weighted by Crippen LogP contribution is -2.56. The van der Waals surface area contributed by atoms with Gasteiger partial charge in [-0.3, -0.25) is 9.69 Å². The quantitative estimate of drug-likeness (QED) is 0.871. The molecule has 0 aromatic heterocycles. The van der Waals surface area contributed by atoms with Crippen molar-refractivity contribution in [2.24, 2.45) is 5.73 Å². The second-order valence-corrected chi connectivity index (χ2v) is 4.79. The van der Waals surface area contributed by atoms with Crippen molar-refractivity contribution in [2.45, 2.75) is 18.8 Å². The number of hydrogen-bond acceptors (Lipinski definition) is 3. The van der Waals surface area contributed by atoms with E-state index in [1.807, 2.05) is 0 Å². The molecule has 0 aliphatic carbocycles. The highest BCUT2D eigenvalue weighted by Gasteiger charge is 2.31. The Bertz CT molecular complexity index is 490. The van der Waals surface area contributed by atoms with Crippen LogP contribution < -0.4 is 11.1 Å². The SMILES string of the molecule is NC(=O)C1CNCCN1Cc1cccc(C(F)(F)F)c1. The molecule has 0 saturated carbocycles. The third-order valence-electron chi connectivity index (χ3n) is 3.32. The number of nitrogens with two attached hydrogens (primary N) is 1. The predicted molar refractivity (Wildman–Crippen MR) is 67.7 cm³/mol. The summed E-state index contributed by atoms with van der Waals surface area (Å²) < 4.78 is 38.0. The number of nitrogens with one attached hydrogen (secondary N) is 1. The number of nitrogens with zero attached hydrogens (tertiary/aromatic N) is 1. The third kappa shape index (κ3) is 3.49. The molecular formula is C13H16F3N3O. The predicted octanol–water partition coefficient (Wildman–Crippen LogP) is 0.965. The number of piperazine rings is 1. The summed E-state index contributed by atoms with van der Waals surface area (Å²) in [7, 11) is 0. The second kappa shape index (κ2) is 5.80. The van der Waals surface area contributed by atoms with Gasteiger partial charge >= 0.3 is 6.18 Å². The van der Waals surface area contributed by atoms with E-state index in [2.05, 4.69) is 5.32 Å². The molecule has 0 radical (unpaired) electrons. The van der Waals surface area contributed by atoms with Crippen LogP contribution in [0.2, 0.25) is 0 Å². The molecule has 3 N–H and O–H groups in total. The molecule has 7 heteroatoms. The van der Waals surface area contributed by atoms with E-state index in [0.29, 0.717) is 25.2 Å². The van der Waals surface area contributed by atoms with E-state index in [0.717, 1.165) is 12.1 Å². The molecule has 0 spiro atoms. The molecule has 2 rings (SSSR count). The normalized spacial score (nSPS) is 20.9. The fourth-order valence-corrected chi connectivity index (χ4v) is 2.30. The molecule has 1 saturated heterocycles. The van der Waals surface area contributed by atoms with E-state index in [1.54, 1.807) is 11.0 Å². The monoisotopic (exact) mass is 287 g/mol. The van der Waals surface area contributed by atoms with E-state index in [9.17, 15) is 18.0 Å². The van der Waals surface area contributed by atoms with Gasteiger partial charge in [-0.25, -0.2) is 0 Å². The van der Waals surface area contributed by atoms with Crippen LogP contribution in [0.5, 0.6) is 0 Å². The molecule has 110 valence electrons. The lowest BCUT2D eigenvalue weighted by molar-refractivity contribution is -0.137. The zero-order valence-corrected chi connectivity index (χ0v) is 10.8. The molecule has 1 heterocycles. The molecule has 1 aliphatic rings. The van der Waals surface area contributed by atoms with Crippen molar-refractivity contribution < 1.29 is 18.0 Å². The van der Waals surface area contributed by atoms with Crippen molar-refractivity contribution >= 4 is 5.91 Å². The van der Waals surface area contributed by atoms with Gasteiger partial charge in [-0.15, -0.1) is 0 Å². The fourth-order valence-electron chi connectivity index (χ4n) is 2.30. The maximum absolute atomic E-state index is 12.7. The highest BCUT2D eigenvalue weighted by molar-refractivity contribution is 5.80. The van der Waals surface area contributed by atoms with Crippen molar-refractivity contribution in [2.75, 3.05) is 19.6 Å². The third-order valence-corrected chi connectivity index (χ3v) is 3.32. The van der Waals surface area contributed by atoms with Crippen LogP contribution in [-0.4, -0.2) is 36.5 Å². The van der Waals surface area contributed by atoms with E-state index in [1.165, 1.54) is 6.07 Å². The van der Waals surface area contributed by atoms with Gasteiger partial charge in [-0.1, -0.05) is 18.2 Å². The molecule has 1 atom stereocenters. The molecule has 4 nitrogen and oxygen atoms in total. The first-order valence-electron chi connectivity index (χ1n) is 6.28. The van der Waals surface area contributed by atoms with Crippen LogP contribution in [0.15, 0.2) is 24.3 Å². The number of amides is 1. The van der Waals surface area contributed by atoms with Crippen molar-refractivity contribution in [1.29, 1.82) is 0 Å². The van der Waals surface area contributed by atoms with Crippen LogP contribution >= 0.6 is 0 Å². The highest BCUT2D eigenvalue weighted by Crippen LogP contribution is 2.29. The van der Waals surface area contributed by atoms with Crippen molar-refractivity contribution in [3.05, 3.63) is 35.4 Å². The number of carbonyl (C=O) groups is 1. The zero-order chi connectivity index (χ0) is 14.8. The van der Waals surface area contributed by atoms with Gasteiger partial charge in [0.2, 0.25) is 5.91 Å². The zero-order valence-electron chi connectivity index (χ0n) is 10.8. The summed E-state index contributed by atoms with van der Waals surface area (Å²) in [5.74, 6) is -0.468. The molecule has 1 unspecified atom stereocenters.